The van der Waals surface area contributed by atoms with Crippen LogP contribution in [0.1, 0.15) is 31.0 Å². The van der Waals surface area contributed by atoms with Crippen molar-refractivity contribution in [2.75, 3.05) is 0 Å². The van der Waals surface area contributed by atoms with E-state index in [-0.39, 0.29) is 16.7 Å². The summed E-state index contributed by atoms with van der Waals surface area (Å²) in [6, 6.07) is 8.91. The van der Waals surface area contributed by atoms with E-state index in [1.807, 2.05) is 13.0 Å². The highest BCUT2D eigenvalue weighted by Gasteiger charge is 2.10. The average molecular weight is 273 g/mol. The fraction of sp³-hybridized carbons (Fsp3) is 0.333. The monoisotopic (exact) mass is 273 g/mol. The Hall–Kier alpha value is -2.14. The molecule has 0 aliphatic carbocycles. The van der Waals surface area contributed by atoms with Crippen molar-refractivity contribution >= 4 is 5.69 Å². The fourth-order valence-electron chi connectivity index (χ4n) is 2.09. The van der Waals surface area contributed by atoms with Gasteiger partial charge >= 0.3 is 0 Å². The molecule has 0 aliphatic heterocycles. The molecule has 0 amide bonds. The third kappa shape index (κ3) is 3.45. The summed E-state index contributed by atoms with van der Waals surface area (Å²) in [6.07, 6.45) is 4.15. The molecule has 1 aromatic carbocycles. The number of hydrogen-bond donors (Lipinski definition) is 1. The van der Waals surface area contributed by atoms with E-state index in [0.29, 0.717) is 0 Å². The van der Waals surface area contributed by atoms with Gasteiger partial charge in [-0.05, 0) is 31.0 Å². The van der Waals surface area contributed by atoms with Gasteiger partial charge in [0, 0.05) is 43.7 Å². The number of aryl methyl sites for hydroxylation is 1. The van der Waals surface area contributed by atoms with Crippen LogP contribution in [0.5, 0.6) is 0 Å². The lowest BCUT2D eigenvalue weighted by molar-refractivity contribution is -0.384. The van der Waals surface area contributed by atoms with Crippen LogP contribution >= 0.6 is 0 Å². The third-order valence-corrected chi connectivity index (χ3v) is 3.37. The van der Waals surface area contributed by atoms with Crippen molar-refractivity contribution in [1.82, 2.24) is 9.88 Å². The van der Waals surface area contributed by atoms with E-state index in [0.717, 1.165) is 18.7 Å². The van der Waals surface area contributed by atoms with E-state index >= 15 is 0 Å². The first kappa shape index (κ1) is 14.3. The van der Waals surface area contributed by atoms with Gasteiger partial charge < -0.3 is 9.88 Å². The summed E-state index contributed by atoms with van der Waals surface area (Å²) < 4.78 is 2.12. The molecule has 1 aromatic heterocycles. The Morgan fingerprint density at radius 3 is 2.85 bits per heavy atom. The molecule has 0 saturated heterocycles. The second kappa shape index (κ2) is 6.34. The van der Waals surface area contributed by atoms with E-state index in [1.54, 1.807) is 12.1 Å². The molecule has 0 bridgehead atoms. The Morgan fingerprint density at radius 1 is 1.40 bits per heavy atom. The maximum absolute atomic E-state index is 10.8. The molecule has 1 unspecified atom stereocenters. The molecule has 0 aliphatic rings. The summed E-state index contributed by atoms with van der Waals surface area (Å²) >= 11 is 0. The van der Waals surface area contributed by atoms with Crippen LogP contribution in [0.15, 0.2) is 42.7 Å². The number of aromatic nitrogens is 1. The normalized spacial score (nSPS) is 12.3. The Balaban J connectivity index is 1.99. The zero-order chi connectivity index (χ0) is 14.5. The van der Waals surface area contributed by atoms with E-state index in [2.05, 4.69) is 35.3 Å². The molecule has 0 saturated carbocycles. The average Bonchev–Trinajstić information content (AvgIpc) is 2.93. The van der Waals surface area contributed by atoms with Crippen LogP contribution in [0.3, 0.4) is 0 Å². The molecule has 0 spiro atoms. The number of non-ortho nitro benzene ring substituents is 1. The van der Waals surface area contributed by atoms with Gasteiger partial charge in [-0.15, -0.1) is 0 Å². The number of hydrogen-bond acceptors (Lipinski definition) is 3. The van der Waals surface area contributed by atoms with Gasteiger partial charge in [-0.25, -0.2) is 0 Å². The third-order valence-electron chi connectivity index (χ3n) is 3.37. The molecule has 5 heteroatoms. The van der Waals surface area contributed by atoms with Crippen LogP contribution in [0, 0.1) is 10.1 Å². The predicted octanol–water partition coefficient (Wildman–Crippen LogP) is 3.27. The molecular formula is C15H19N3O2. The Labute approximate surface area is 118 Å². The Bertz CT molecular complexity index is 592. The molecule has 1 atom stereocenters. The molecule has 0 radical (unpaired) electrons. The smallest absolute Gasteiger partial charge is 0.269 e. The Kier molecular flexibility index (Phi) is 4.53. The van der Waals surface area contributed by atoms with E-state index < -0.39 is 0 Å². The number of nitro benzene ring substituents is 1. The van der Waals surface area contributed by atoms with Crippen molar-refractivity contribution < 1.29 is 4.92 Å². The first-order chi connectivity index (χ1) is 9.60. The van der Waals surface area contributed by atoms with Gasteiger partial charge in [-0.1, -0.05) is 12.1 Å². The first-order valence-corrected chi connectivity index (χ1v) is 6.72. The predicted molar refractivity (Wildman–Crippen MR) is 78.5 cm³/mol. The maximum atomic E-state index is 10.8. The van der Waals surface area contributed by atoms with Crippen LogP contribution in [0.4, 0.5) is 5.69 Å². The van der Waals surface area contributed by atoms with Crippen molar-refractivity contribution in [3.8, 4) is 0 Å². The summed E-state index contributed by atoms with van der Waals surface area (Å²) in [5.41, 5.74) is 2.27. The molecular weight excluding hydrogens is 254 g/mol. The lowest BCUT2D eigenvalue weighted by atomic mass is 10.1. The van der Waals surface area contributed by atoms with Gasteiger partial charge in [0.25, 0.3) is 5.69 Å². The van der Waals surface area contributed by atoms with Crippen LogP contribution in [-0.2, 0) is 13.1 Å². The largest absolute Gasteiger partial charge is 0.354 e. The van der Waals surface area contributed by atoms with Crippen molar-refractivity contribution in [2.45, 2.75) is 33.0 Å². The highest BCUT2D eigenvalue weighted by molar-refractivity contribution is 5.35. The van der Waals surface area contributed by atoms with Crippen LogP contribution in [0.2, 0.25) is 0 Å². The summed E-state index contributed by atoms with van der Waals surface area (Å²) in [5.74, 6) is 0. The minimum absolute atomic E-state index is 0.0693. The van der Waals surface area contributed by atoms with Crippen LogP contribution in [-0.4, -0.2) is 9.49 Å². The highest BCUT2D eigenvalue weighted by atomic mass is 16.6. The number of nitrogens with zero attached hydrogens (tertiary/aromatic N) is 2. The van der Waals surface area contributed by atoms with Crippen LogP contribution < -0.4 is 5.32 Å². The van der Waals surface area contributed by atoms with Gasteiger partial charge in [-0.2, -0.15) is 0 Å². The quantitative estimate of drug-likeness (QED) is 0.649. The van der Waals surface area contributed by atoms with E-state index in [1.165, 1.54) is 11.6 Å². The molecule has 5 nitrogen and oxygen atoms in total. The fourth-order valence-corrected chi connectivity index (χ4v) is 2.09. The molecule has 20 heavy (non-hydrogen) atoms. The minimum Gasteiger partial charge on any atom is -0.354 e. The van der Waals surface area contributed by atoms with Crippen molar-refractivity contribution in [1.29, 1.82) is 0 Å². The second-order valence-electron chi connectivity index (χ2n) is 4.80. The SMILES string of the molecule is CCn1ccc(CNC(C)c2cccc([N+](=O)[O-])c2)c1. The molecule has 1 N–H and O–H groups in total. The van der Waals surface area contributed by atoms with Gasteiger partial charge in [0.2, 0.25) is 0 Å². The molecule has 1 heterocycles. The number of nitrogens with one attached hydrogen (secondary N) is 1. The highest BCUT2D eigenvalue weighted by Crippen LogP contribution is 2.19. The molecule has 106 valence electrons. The summed E-state index contributed by atoms with van der Waals surface area (Å²) in [5, 5.41) is 14.2. The van der Waals surface area contributed by atoms with E-state index in [4.69, 9.17) is 0 Å². The van der Waals surface area contributed by atoms with Crippen molar-refractivity contribution in [3.63, 3.8) is 0 Å². The standard InChI is InChI=1S/C15H19N3O2/c1-3-17-8-7-13(11-17)10-16-12(2)14-5-4-6-15(9-14)18(19)20/h4-9,11-12,16H,3,10H2,1-2H3. The zero-order valence-electron chi connectivity index (χ0n) is 11.7. The molecule has 0 fully saturated rings. The Morgan fingerprint density at radius 2 is 2.20 bits per heavy atom. The number of nitro groups is 1. The molecule has 2 aromatic rings. The molecule has 2 rings (SSSR count). The van der Waals surface area contributed by atoms with E-state index in [9.17, 15) is 10.1 Å². The van der Waals surface area contributed by atoms with Gasteiger partial charge in [0.05, 0.1) is 4.92 Å². The van der Waals surface area contributed by atoms with Crippen LogP contribution in [0.25, 0.3) is 0 Å². The van der Waals surface area contributed by atoms with Crippen molar-refractivity contribution in [2.24, 2.45) is 0 Å². The lowest BCUT2D eigenvalue weighted by Crippen LogP contribution is -2.17. The number of rotatable bonds is 6. The van der Waals surface area contributed by atoms with Gasteiger partial charge in [0.15, 0.2) is 0 Å². The summed E-state index contributed by atoms with van der Waals surface area (Å²) in [6.45, 7) is 5.82. The van der Waals surface area contributed by atoms with Gasteiger partial charge in [0.1, 0.15) is 0 Å². The summed E-state index contributed by atoms with van der Waals surface area (Å²) in [4.78, 5) is 10.4. The number of benzene rings is 1. The first-order valence-electron chi connectivity index (χ1n) is 6.72. The second-order valence-corrected chi connectivity index (χ2v) is 4.80. The zero-order valence-corrected chi connectivity index (χ0v) is 11.7. The van der Waals surface area contributed by atoms with Gasteiger partial charge in [-0.3, -0.25) is 10.1 Å². The van der Waals surface area contributed by atoms with Crippen molar-refractivity contribution in [3.05, 3.63) is 64.0 Å². The topological polar surface area (TPSA) is 60.1 Å². The maximum Gasteiger partial charge on any atom is 0.269 e. The lowest BCUT2D eigenvalue weighted by Gasteiger charge is -2.13. The minimum atomic E-state index is -0.364. The summed E-state index contributed by atoms with van der Waals surface area (Å²) in [7, 11) is 0.